The molecule has 0 bridgehead atoms. The minimum absolute atomic E-state index is 0.182. The second-order valence-corrected chi connectivity index (χ2v) is 6.75. The van der Waals surface area contributed by atoms with Crippen LogP contribution in [0.2, 0.25) is 0 Å². The Bertz CT molecular complexity index is 796. The van der Waals surface area contributed by atoms with Crippen molar-refractivity contribution in [1.29, 1.82) is 0 Å². The third-order valence-electron chi connectivity index (χ3n) is 3.03. The largest absolute Gasteiger partial charge is 0.502 e. The highest BCUT2D eigenvalue weighted by atomic mass is 32.2. The fourth-order valence-electron chi connectivity index (χ4n) is 1.82. The summed E-state index contributed by atoms with van der Waals surface area (Å²) in [6.07, 6.45) is 0. The lowest BCUT2D eigenvalue weighted by atomic mass is 10.1. The van der Waals surface area contributed by atoms with Gasteiger partial charge in [-0.2, -0.15) is 0 Å². The summed E-state index contributed by atoms with van der Waals surface area (Å²) in [6, 6.07) is 2.37. The number of benzene rings is 1. The molecule has 0 spiro atoms. The number of hydrogen-bond acceptors (Lipinski definition) is 5. The van der Waals surface area contributed by atoms with Crippen LogP contribution in [0.25, 0.3) is 11.3 Å². The standard InChI is InChI=1S/C13H13F2NO5S/c1-3-22(19,20)16(2)13-11(18)10(17)12(21-13)7-4-8(14)6-9(15)5-7/h4-6,17-18H,3H2,1-2H3. The predicted octanol–water partition coefficient (Wildman–Crippen LogP) is 2.42. The van der Waals surface area contributed by atoms with Gasteiger partial charge in [-0.05, 0) is 19.1 Å². The first-order valence-corrected chi connectivity index (χ1v) is 7.76. The van der Waals surface area contributed by atoms with Crippen molar-refractivity contribution < 1.29 is 31.8 Å². The van der Waals surface area contributed by atoms with E-state index >= 15 is 0 Å². The Morgan fingerprint density at radius 2 is 1.68 bits per heavy atom. The van der Waals surface area contributed by atoms with Gasteiger partial charge in [0.1, 0.15) is 11.6 Å². The van der Waals surface area contributed by atoms with E-state index in [9.17, 15) is 27.4 Å². The summed E-state index contributed by atoms with van der Waals surface area (Å²) in [6.45, 7) is 1.38. The van der Waals surface area contributed by atoms with Gasteiger partial charge in [0.05, 0.1) is 5.75 Å². The summed E-state index contributed by atoms with van der Waals surface area (Å²) in [7, 11) is -2.64. The fourth-order valence-corrected chi connectivity index (χ4v) is 2.58. The van der Waals surface area contributed by atoms with Gasteiger partial charge >= 0.3 is 0 Å². The van der Waals surface area contributed by atoms with Crippen LogP contribution < -0.4 is 4.31 Å². The fraction of sp³-hybridized carbons (Fsp3) is 0.231. The van der Waals surface area contributed by atoms with Crippen LogP contribution in [0.5, 0.6) is 11.5 Å². The minimum atomic E-state index is -3.76. The monoisotopic (exact) mass is 333 g/mol. The van der Waals surface area contributed by atoms with Crippen LogP contribution in [-0.2, 0) is 10.0 Å². The maximum absolute atomic E-state index is 13.2. The Kier molecular flexibility index (Phi) is 4.01. The van der Waals surface area contributed by atoms with Gasteiger partial charge in [0.25, 0.3) is 5.88 Å². The van der Waals surface area contributed by atoms with Crippen molar-refractivity contribution in [1.82, 2.24) is 0 Å². The smallest absolute Gasteiger partial charge is 0.256 e. The number of rotatable bonds is 4. The first-order chi connectivity index (χ1) is 10.2. The van der Waals surface area contributed by atoms with E-state index in [0.717, 1.165) is 19.2 Å². The van der Waals surface area contributed by atoms with E-state index in [-0.39, 0.29) is 11.3 Å². The average molecular weight is 333 g/mol. The van der Waals surface area contributed by atoms with E-state index in [1.807, 2.05) is 0 Å². The van der Waals surface area contributed by atoms with Crippen molar-refractivity contribution in [2.24, 2.45) is 0 Å². The highest BCUT2D eigenvalue weighted by Crippen LogP contribution is 2.47. The lowest BCUT2D eigenvalue weighted by Crippen LogP contribution is -2.27. The van der Waals surface area contributed by atoms with Crippen LogP contribution in [0.15, 0.2) is 22.6 Å². The zero-order chi connectivity index (χ0) is 16.7. The lowest BCUT2D eigenvalue weighted by molar-refractivity contribution is 0.409. The molecule has 9 heteroatoms. The second-order valence-electron chi connectivity index (χ2n) is 4.46. The van der Waals surface area contributed by atoms with Gasteiger partial charge in [0, 0.05) is 18.7 Å². The highest BCUT2D eigenvalue weighted by Gasteiger charge is 2.28. The van der Waals surface area contributed by atoms with Gasteiger partial charge in [-0.3, -0.25) is 0 Å². The zero-order valence-electron chi connectivity index (χ0n) is 11.7. The molecule has 1 heterocycles. The van der Waals surface area contributed by atoms with E-state index in [0.29, 0.717) is 10.4 Å². The molecule has 0 unspecified atom stereocenters. The predicted molar refractivity (Wildman–Crippen MR) is 75.3 cm³/mol. The Morgan fingerprint density at radius 3 is 2.18 bits per heavy atom. The number of nitrogens with zero attached hydrogens (tertiary/aromatic N) is 1. The Hall–Kier alpha value is -2.29. The molecule has 0 amide bonds. The highest BCUT2D eigenvalue weighted by molar-refractivity contribution is 7.92. The molecule has 0 aliphatic rings. The second kappa shape index (κ2) is 5.48. The third kappa shape index (κ3) is 2.71. The van der Waals surface area contributed by atoms with Crippen molar-refractivity contribution in [2.45, 2.75) is 6.92 Å². The maximum Gasteiger partial charge on any atom is 0.256 e. The summed E-state index contributed by atoms with van der Waals surface area (Å²) < 4.78 is 55.7. The van der Waals surface area contributed by atoms with Crippen molar-refractivity contribution in [3.8, 4) is 22.8 Å². The summed E-state index contributed by atoms with van der Waals surface area (Å²) in [4.78, 5) is 0. The molecule has 0 saturated heterocycles. The van der Waals surface area contributed by atoms with Crippen molar-refractivity contribution >= 4 is 15.9 Å². The summed E-state index contributed by atoms with van der Waals surface area (Å²) in [5.74, 6) is -4.72. The molecule has 2 N–H and O–H groups in total. The van der Waals surface area contributed by atoms with Gasteiger partial charge in [0.2, 0.25) is 21.5 Å². The van der Waals surface area contributed by atoms with Gasteiger partial charge in [-0.15, -0.1) is 0 Å². The molecule has 0 atom stereocenters. The van der Waals surface area contributed by atoms with Crippen LogP contribution in [-0.4, -0.2) is 31.4 Å². The normalized spacial score (nSPS) is 11.6. The molecule has 2 rings (SSSR count). The van der Waals surface area contributed by atoms with Crippen LogP contribution in [0.1, 0.15) is 6.92 Å². The number of furan rings is 1. The van der Waals surface area contributed by atoms with E-state index in [1.54, 1.807) is 0 Å². The number of sulfonamides is 1. The van der Waals surface area contributed by atoms with Gasteiger partial charge in [-0.1, -0.05) is 0 Å². The van der Waals surface area contributed by atoms with Gasteiger partial charge in [-0.25, -0.2) is 21.5 Å². The molecular weight excluding hydrogens is 320 g/mol. The molecule has 22 heavy (non-hydrogen) atoms. The molecule has 0 fully saturated rings. The van der Waals surface area contributed by atoms with E-state index in [4.69, 9.17) is 4.42 Å². The Balaban J connectivity index is 2.60. The number of halogens is 2. The maximum atomic E-state index is 13.2. The Labute approximate surface area is 125 Å². The Morgan fingerprint density at radius 1 is 1.14 bits per heavy atom. The average Bonchev–Trinajstić information content (AvgIpc) is 2.73. The molecule has 0 aliphatic carbocycles. The van der Waals surface area contributed by atoms with Crippen LogP contribution in [0.3, 0.4) is 0 Å². The van der Waals surface area contributed by atoms with Crippen LogP contribution in [0.4, 0.5) is 14.7 Å². The first kappa shape index (κ1) is 16.1. The molecule has 120 valence electrons. The van der Waals surface area contributed by atoms with E-state index < -0.39 is 44.8 Å². The summed E-state index contributed by atoms with van der Waals surface area (Å²) in [5, 5.41) is 19.6. The van der Waals surface area contributed by atoms with E-state index in [2.05, 4.69) is 0 Å². The number of anilines is 1. The molecule has 0 saturated carbocycles. The minimum Gasteiger partial charge on any atom is -0.502 e. The molecular formula is C13H13F2NO5S. The summed E-state index contributed by atoms with van der Waals surface area (Å²) >= 11 is 0. The quantitative estimate of drug-likeness (QED) is 0.897. The SMILES string of the molecule is CCS(=O)(=O)N(C)c1oc(-c2cc(F)cc(F)c2)c(O)c1O. The van der Waals surface area contributed by atoms with Crippen molar-refractivity contribution in [3.05, 3.63) is 29.8 Å². The number of aromatic hydroxyl groups is 2. The molecule has 6 nitrogen and oxygen atoms in total. The van der Waals surface area contributed by atoms with Crippen LogP contribution in [0, 0.1) is 11.6 Å². The molecule has 1 aromatic carbocycles. The van der Waals surface area contributed by atoms with Crippen molar-refractivity contribution in [2.75, 3.05) is 17.1 Å². The molecule has 0 aliphatic heterocycles. The van der Waals surface area contributed by atoms with Crippen LogP contribution >= 0.6 is 0 Å². The number of hydrogen-bond donors (Lipinski definition) is 2. The van der Waals surface area contributed by atoms with Crippen molar-refractivity contribution in [3.63, 3.8) is 0 Å². The topological polar surface area (TPSA) is 91.0 Å². The first-order valence-electron chi connectivity index (χ1n) is 6.15. The van der Waals surface area contributed by atoms with Gasteiger partial charge in [0.15, 0.2) is 5.76 Å². The van der Waals surface area contributed by atoms with E-state index in [1.165, 1.54) is 6.92 Å². The zero-order valence-corrected chi connectivity index (χ0v) is 12.5. The van der Waals surface area contributed by atoms with Gasteiger partial charge < -0.3 is 14.6 Å². The lowest BCUT2D eigenvalue weighted by Gasteiger charge is -2.14. The molecule has 1 aromatic heterocycles. The third-order valence-corrected chi connectivity index (χ3v) is 4.76. The molecule has 2 aromatic rings. The molecule has 0 radical (unpaired) electrons. The summed E-state index contributed by atoms with van der Waals surface area (Å²) in [5.41, 5.74) is -0.182.